The van der Waals surface area contributed by atoms with Gasteiger partial charge in [0.2, 0.25) is 11.8 Å². The van der Waals surface area contributed by atoms with Crippen LogP contribution >= 0.6 is 0 Å². The molecule has 0 saturated carbocycles. The number of carbonyl (C=O) groups is 2. The van der Waals surface area contributed by atoms with E-state index in [9.17, 15) is 32.1 Å². The Bertz CT molecular complexity index is 1120. The average molecular weight is 572 g/mol. The molecule has 39 heavy (non-hydrogen) atoms. The van der Waals surface area contributed by atoms with E-state index in [1.54, 1.807) is 4.31 Å². The summed E-state index contributed by atoms with van der Waals surface area (Å²) in [5, 5.41) is 10.4. The predicted molar refractivity (Wildman–Crippen MR) is 137 cm³/mol. The molecule has 3 N–H and O–H groups in total. The van der Waals surface area contributed by atoms with Crippen LogP contribution in [-0.2, 0) is 27.0 Å². The fourth-order valence-corrected chi connectivity index (χ4v) is 5.44. The molecule has 13 heteroatoms. The number of rotatable bonds is 12. The zero-order valence-corrected chi connectivity index (χ0v) is 22.2. The van der Waals surface area contributed by atoms with E-state index in [2.05, 4.69) is 4.74 Å². The number of alkyl halides is 3. The van der Waals surface area contributed by atoms with Crippen LogP contribution in [0.3, 0.4) is 0 Å². The molecule has 0 aromatic heterocycles. The molecule has 3 rings (SSSR count). The molecule has 2 aromatic carbocycles. The van der Waals surface area contributed by atoms with Gasteiger partial charge in [0.15, 0.2) is 0 Å². The highest BCUT2D eigenvalue weighted by Crippen LogP contribution is 2.25. The third-order valence-corrected chi connectivity index (χ3v) is 7.76. The molecule has 2 aromatic rings. The van der Waals surface area contributed by atoms with Crippen molar-refractivity contribution in [3.05, 3.63) is 54.1 Å². The van der Waals surface area contributed by atoms with Crippen molar-refractivity contribution in [1.29, 1.82) is 0 Å². The molecular weight excluding hydrogens is 539 g/mol. The van der Waals surface area contributed by atoms with Crippen molar-refractivity contribution in [1.82, 2.24) is 9.21 Å². The normalized spacial score (nSPS) is 16.8. The van der Waals surface area contributed by atoms with Gasteiger partial charge in [-0.1, -0.05) is 12.1 Å². The van der Waals surface area contributed by atoms with E-state index in [1.165, 1.54) is 17.0 Å². The highest BCUT2D eigenvalue weighted by atomic mass is 32.2. The smallest absolute Gasteiger partial charge is 0.494 e. The number of hydrogen-bond donors (Lipinski definition) is 2. The van der Waals surface area contributed by atoms with Crippen molar-refractivity contribution in [2.75, 3.05) is 32.8 Å². The number of primary amides is 1. The number of carbonyl (C=O) groups excluding carboxylic acids is 2. The molecule has 1 aliphatic rings. The second-order valence-corrected chi connectivity index (χ2v) is 10.4. The fourth-order valence-electron chi connectivity index (χ4n) is 4.28. The number of nitrogens with zero attached hydrogens (tertiary/aromatic N) is 2. The largest absolute Gasteiger partial charge is 0.573 e. The number of benzene rings is 2. The molecule has 1 fully saturated rings. The van der Waals surface area contributed by atoms with E-state index in [0.717, 1.165) is 23.4 Å². The van der Waals surface area contributed by atoms with Gasteiger partial charge in [-0.25, -0.2) is 8.51 Å². The molecule has 1 aliphatic heterocycles. The molecule has 0 aliphatic carbocycles. The zero-order chi connectivity index (χ0) is 28.6. The zero-order valence-electron chi connectivity index (χ0n) is 21.4. The second kappa shape index (κ2) is 13.8. The van der Waals surface area contributed by atoms with Crippen molar-refractivity contribution in [3.63, 3.8) is 0 Å². The Labute approximate surface area is 227 Å². The predicted octanol–water partition coefficient (Wildman–Crippen LogP) is 2.64. The lowest BCUT2D eigenvalue weighted by Gasteiger charge is -2.36. The SMILES string of the molecule is CCOc1ccc(CCCC(C(=O)N2CCN(S(=O)c3ccc(OC(F)(F)F)cc3)CC2)C(O)C(N)=O)cc1. The minimum absolute atomic E-state index is 0.195. The summed E-state index contributed by atoms with van der Waals surface area (Å²) in [4.78, 5) is 26.8. The summed E-state index contributed by atoms with van der Waals surface area (Å²) >= 11 is 0. The number of hydrogen-bond acceptors (Lipinski definition) is 6. The second-order valence-electron chi connectivity index (χ2n) is 8.95. The summed E-state index contributed by atoms with van der Waals surface area (Å²) < 4.78 is 60.8. The van der Waals surface area contributed by atoms with Gasteiger partial charge in [0.25, 0.3) is 0 Å². The van der Waals surface area contributed by atoms with Gasteiger partial charge in [0.05, 0.1) is 17.4 Å². The van der Waals surface area contributed by atoms with Crippen LogP contribution in [0.25, 0.3) is 0 Å². The number of piperazine rings is 1. The Morgan fingerprint density at radius 2 is 1.62 bits per heavy atom. The van der Waals surface area contributed by atoms with Gasteiger partial charge in [0, 0.05) is 26.2 Å². The quantitative estimate of drug-likeness (QED) is 0.404. The van der Waals surface area contributed by atoms with Crippen LogP contribution in [0.15, 0.2) is 53.4 Å². The Kier molecular flexibility index (Phi) is 10.7. The molecular formula is C26H32F3N3O6S. The minimum Gasteiger partial charge on any atom is -0.494 e. The third-order valence-electron chi connectivity index (χ3n) is 6.25. The van der Waals surface area contributed by atoms with E-state index in [-0.39, 0.29) is 32.6 Å². The minimum atomic E-state index is -4.82. The third kappa shape index (κ3) is 8.94. The Morgan fingerprint density at radius 3 is 2.15 bits per heavy atom. The van der Waals surface area contributed by atoms with E-state index < -0.39 is 46.9 Å². The van der Waals surface area contributed by atoms with Gasteiger partial charge < -0.3 is 25.2 Å². The Morgan fingerprint density at radius 1 is 1.03 bits per heavy atom. The van der Waals surface area contributed by atoms with Crippen LogP contribution in [0.2, 0.25) is 0 Å². The first kappa shape index (κ1) is 30.4. The molecule has 3 atom stereocenters. The van der Waals surface area contributed by atoms with Crippen LogP contribution in [0.1, 0.15) is 25.3 Å². The standard InChI is InChI=1S/C26H32F3N3O6S/c1-2-37-19-8-6-18(7-9-19)4-3-5-22(23(33)24(30)34)25(35)31-14-16-32(17-15-31)39(36)21-12-10-20(11-13-21)38-26(27,28)29/h6-13,22-23,33H,2-5,14-17H2,1H3,(H2,30,34). The topological polar surface area (TPSA) is 122 Å². The van der Waals surface area contributed by atoms with Crippen molar-refractivity contribution in [3.8, 4) is 11.5 Å². The van der Waals surface area contributed by atoms with Crippen LogP contribution < -0.4 is 15.2 Å². The van der Waals surface area contributed by atoms with E-state index >= 15 is 0 Å². The molecule has 0 bridgehead atoms. The van der Waals surface area contributed by atoms with Gasteiger partial charge in [-0.15, -0.1) is 13.2 Å². The molecule has 1 heterocycles. The summed E-state index contributed by atoms with van der Waals surface area (Å²) in [5.74, 6) is -2.06. The van der Waals surface area contributed by atoms with Crippen LogP contribution in [0, 0.1) is 5.92 Å². The average Bonchev–Trinajstić information content (AvgIpc) is 2.91. The van der Waals surface area contributed by atoms with Crippen LogP contribution in [-0.4, -0.2) is 75.6 Å². The van der Waals surface area contributed by atoms with E-state index in [0.29, 0.717) is 24.3 Å². The van der Waals surface area contributed by atoms with Crippen molar-refractivity contribution < 1.29 is 41.5 Å². The lowest BCUT2D eigenvalue weighted by atomic mass is 9.92. The molecule has 214 valence electrons. The van der Waals surface area contributed by atoms with Crippen LogP contribution in [0.5, 0.6) is 11.5 Å². The van der Waals surface area contributed by atoms with Gasteiger partial charge in [-0.05, 0) is 68.1 Å². The van der Waals surface area contributed by atoms with Crippen LogP contribution in [0.4, 0.5) is 13.2 Å². The summed E-state index contributed by atoms with van der Waals surface area (Å²) in [7, 11) is -1.66. The monoisotopic (exact) mass is 571 g/mol. The van der Waals surface area contributed by atoms with E-state index in [4.69, 9.17) is 10.5 Å². The molecule has 2 amide bonds. The first-order valence-corrected chi connectivity index (χ1v) is 13.6. The lowest BCUT2D eigenvalue weighted by Crippen LogP contribution is -2.53. The summed E-state index contributed by atoms with van der Waals surface area (Å²) in [6.45, 7) is 3.30. The number of aliphatic hydroxyl groups excluding tert-OH is 1. The highest BCUT2D eigenvalue weighted by Gasteiger charge is 2.35. The molecule has 9 nitrogen and oxygen atoms in total. The first-order valence-electron chi connectivity index (χ1n) is 12.5. The van der Waals surface area contributed by atoms with Gasteiger partial charge in [-0.2, -0.15) is 0 Å². The van der Waals surface area contributed by atoms with E-state index in [1.807, 2.05) is 31.2 Å². The summed E-state index contributed by atoms with van der Waals surface area (Å²) in [5.41, 5.74) is 6.33. The number of aryl methyl sites for hydroxylation is 1. The van der Waals surface area contributed by atoms with Crippen molar-refractivity contribution in [2.45, 2.75) is 43.5 Å². The Hall–Kier alpha value is -3.16. The molecule has 0 radical (unpaired) electrons. The lowest BCUT2D eigenvalue weighted by molar-refractivity contribution is -0.274. The number of halogens is 3. The van der Waals surface area contributed by atoms with Gasteiger partial charge >= 0.3 is 6.36 Å². The molecule has 3 unspecified atom stereocenters. The van der Waals surface area contributed by atoms with Gasteiger partial charge in [0.1, 0.15) is 28.6 Å². The van der Waals surface area contributed by atoms with Gasteiger partial charge in [-0.3, -0.25) is 9.59 Å². The maximum Gasteiger partial charge on any atom is 0.573 e. The molecule has 0 spiro atoms. The van der Waals surface area contributed by atoms with Crippen molar-refractivity contribution in [2.24, 2.45) is 11.7 Å². The summed E-state index contributed by atoms with van der Waals surface area (Å²) in [6.07, 6.45) is -5.05. The number of nitrogens with two attached hydrogens (primary N) is 1. The first-order chi connectivity index (χ1) is 18.5. The summed E-state index contributed by atoms with van der Waals surface area (Å²) in [6, 6.07) is 12.3. The number of amides is 2. The number of ether oxygens (including phenoxy) is 2. The maximum atomic E-state index is 13.2. The number of aliphatic hydroxyl groups is 1. The fraction of sp³-hybridized carbons (Fsp3) is 0.462. The molecule has 1 saturated heterocycles. The highest BCUT2D eigenvalue weighted by molar-refractivity contribution is 7.82. The Balaban J connectivity index is 1.55. The van der Waals surface area contributed by atoms with Crippen molar-refractivity contribution >= 4 is 22.8 Å². The maximum absolute atomic E-state index is 13.2.